The van der Waals surface area contributed by atoms with Gasteiger partial charge in [-0.05, 0) is 25.0 Å². The Hall–Kier alpha value is -1.23. The maximum absolute atomic E-state index is 11.8. The number of carbonyl (C=O) groups excluding carboxylic acids is 1. The number of halogens is 1. The monoisotopic (exact) mass is 356 g/mol. The summed E-state index contributed by atoms with van der Waals surface area (Å²) < 4.78 is 16.0. The molecular formula is C16H21BrO4. The molecule has 21 heavy (non-hydrogen) atoms. The SMILES string of the molecule is COC(=O)c1ccc(OC)cc1OCC1(CBr)CCCC1. The molecule has 1 aromatic rings. The molecule has 0 N–H and O–H groups in total. The zero-order valence-electron chi connectivity index (χ0n) is 12.5. The minimum absolute atomic E-state index is 0.163. The van der Waals surface area contributed by atoms with Gasteiger partial charge in [0, 0.05) is 16.8 Å². The van der Waals surface area contributed by atoms with Crippen molar-refractivity contribution in [2.24, 2.45) is 5.41 Å². The lowest BCUT2D eigenvalue weighted by molar-refractivity contribution is 0.0592. The fourth-order valence-electron chi connectivity index (χ4n) is 2.70. The van der Waals surface area contributed by atoms with Crippen LogP contribution in [0.25, 0.3) is 0 Å². The smallest absolute Gasteiger partial charge is 0.341 e. The van der Waals surface area contributed by atoms with E-state index in [0.717, 1.165) is 18.2 Å². The van der Waals surface area contributed by atoms with Crippen LogP contribution in [-0.4, -0.2) is 32.1 Å². The lowest BCUT2D eigenvalue weighted by atomic mass is 9.90. The first-order valence-corrected chi connectivity index (χ1v) is 8.21. The van der Waals surface area contributed by atoms with E-state index in [2.05, 4.69) is 15.9 Å². The molecule has 2 rings (SSSR count). The van der Waals surface area contributed by atoms with Crippen LogP contribution in [0.15, 0.2) is 18.2 Å². The number of ether oxygens (including phenoxy) is 3. The third kappa shape index (κ3) is 3.70. The molecule has 1 aliphatic rings. The van der Waals surface area contributed by atoms with Crippen molar-refractivity contribution in [2.45, 2.75) is 25.7 Å². The first-order valence-electron chi connectivity index (χ1n) is 7.09. The molecule has 116 valence electrons. The highest BCUT2D eigenvalue weighted by Crippen LogP contribution is 2.40. The van der Waals surface area contributed by atoms with Crippen molar-refractivity contribution < 1.29 is 19.0 Å². The highest BCUT2D eigenvalue weighted by molar-refractivity contribution is 9.09. The number of alkyl halides is 1. The molecule has 4 nitrogen and oxygen atoms in total. The molecule has 0 aliphatic heterocycles. The molecule has 0 bridgehead atoms. The van der Waals surface area contributed by atoms with E-state index in [0.29, 0.717) is 23.7 Å². The molecule has 1 aromatic carbocycles. The summed E-state index contributed by atoms with van der Waals surface area (Å²) in [5.74, 6) is 0.789. The predicted octanol–water partition coefficient (Wildman–Crippen LogP) is 3.82. The van der Waals surface area contributed by atoms with Gasteiger partial charge >= 0.3 is 5.97 Å². The van der Waals surface area contributed by atoms with Gasteiger partial charge in [0.2, 0.25) is 0 Å². The Morgan fingerprint density at radius 2 is 2.00 bits per heavy atom. The van der Waals surface area contributed by atoms with Crippen LogP contribution in [0.1, 0.15) is 36.0 Å². The summed E-state index contributed by atoms with van der Waals surface area (Å²) in [6, 6.07) is 5.15. The van der Waals surface area contributed by atoms with Crippen LogP contribution < -0.4 is 9.47 Å². The Bertz CT molecular complexity index is 495. The molecule has 0 saturated heterocycles. The second-order valence-electron chi connectivity index (χ2n) is 5.48. The van der Waals surface area contributed by atoms with Crippen molar-refractivity contribution >= 4 is 21.9 Å². The lowest BCUT2D eigenvalue weighted by Crippen LogP contribution is -2.27. The van der Waals surface area contributed by atoms with Crippen molar-refractivity contribution in [3.8, 4) is 11.5 Å². The standard InChI is InChI=1S/C16H21BrO4/c1-19-12-5-6-13(15(18)20-2)14(9-12)21-11-16(10-17)7-3-4-8-16/h5-6,9H,3-4,7-8,10-11H2,1-2H3. The largest absolute Gasteiger partial charge is 0.497 e. The first kappa shape index (κ1) is 16.1. The molecule has 0 spiro atoms. The van der Waals surface area contributed by atoms with Gasteiger partial charge in [-0.3, -0.25) is 0 Å². The van der Waals surface area contributed by atoms with Crippen LogP contribution in [0.3, 0.4) is 0 Å². The Balaban J connectivity index is 2.18. The van der Waals surface area contributed by atoms with Crippen LogP contribution in [0, 0.1) is 5.41 Å². The van der Waals surface area contributed by atoms with E-state index in [1.165, 1.54) is 20.0 Å². The van der Waals surface area contributed by atoms with Crippen molar-refractivity contribution in [1.82, 2.24) is 0 Å². The number of hydrogen-bond donors (Lipinski definition) is 0. The predicted molar refractivity (Wildman–Crippen MR) is 84.5 cm³/mol. The van der Waals surface area contributed by atoms with Crippen molar-refractivity contribution in [1.29, 1.82) is 0 Å². The number of carbonyl (C=O) groups is 1. The van der Waals surface area contributed by atoms with Gasteiger partial charge in [-0.15, -0.1) is 0 Å². The second-order valence-corrected chi connectivity index (χ2v) is 6.04. The molecule has 0 radical (unpaired) electrons. The van der Waals surface area contributed by atoms with Crippen LogP contribution in [0.2, 0.25) is 0 Å². The van der Waals surface area contributed by atoms with Gasteiger partial charge in [0.1, 0.15) is 17.1 Å². The minimum Gasteiger partial charge on any atom is -0.497 e. The molecule has 0 unspecified atom stereocenters. The Kier molecular flexibility index (Phi) is 5.51. The zero-order valence-corrected chi connectivity index (χ0v) is 14.1. The third-order valence-electron chi connectivity index (χ3n) is 4.08. The van der Waals surface area contributed by atoms with E-state index < -0.39 is 5.97 Å². The lowest BCUT2D eigenvalue weighted by Gasteiger charge is -2.27. The summed E-state index contributed by atoms with van der Waals surface area (Å²) in [7, 11) is 2.96. The minimum atomic E-state index is -0.396. The average Bonchev–Trinajstić information content (AvgIpc) is 3.01. The van der Waals surface area contributed by atoms with Gasteiger partial charge in [0.05, 0.1) is 20.8 Å². The number of benzene rings is 1. The number of methoxy groups -OCH3 is 2. The topological polar surface area (TPSA) is 44.8 Å². The summed E-state index contributed by atoms with van der Waals surface area (Å²) in [6.45, 7) is 0.593. The average molecular weight is 357 g/mol. The molecule has 0 aromatic heterocycles. The summed E-state index contributed by atoms with van der Waals surface area (Å²) >= 11 is 3.60. The first-order chi connectivity index (χ1) is 10.1. The van der Waals surface area contributed by atoms with Gasteiger partial charge in [-0.25, -0.2) is 4.79 Å². The van der Waals surface area contributed by atoms with E-state index in [4.69, 9.17) is 14.2 Å². The number of esters is 1. The molecule has 0 amide bonds. The molecule has 0 heterocycles. The zero-order chi connectivity index (χ0) is 15.3. The van der Waals surface area contributed by atoms with E-state index in [9.17, 15) is 4.79 Å². The van der Waals surface area contributed by atoms with Crippen molar-refractivity contribution in [3.05, 3.63) is 23.8 Å². The van der Waals surface area contributed by atoms with Crippen LogP contribution in [0.5, 0.6) is 11.5 Å². The van der Waals surface area contributed by atoms with Crippen LogP contribution >= 0.6 is 15.9 Å². The van der Waals surface area contributed by atoms with Crippen molar-refractivity contribution in [2.75, 3.05) is 26.2 Å². The van der Waals surface area contributed by atoms with Gasteiger partial charge in [0.15, 0.2) is 0 Å². The highest BCUT2D eigenvalue weighted by Gasteiger charge is 2.34. The summed E-state index contributed by atoms with van der Waals surface area (Å²) in [6.07, 6.45) is 4.76. The molecule has 5 heteroatoms. The summed E-state index contributed by atoms with van der Waals surface area (Å²) in [5.41, 5.74) is 0.595. The quantitative estimate of drug-likeness (QED) is 0.574. The molecule has 1 saturated carbocycles. The third-order valence-corrected chi connectivity index (χ3v) is 5.27. The fourth-order valence-corrected chi connectivity index (χ4v) is 3.42. The van der Waals surface area contributed by atoms with E-state index in [-0.39, 0.29) is 5.41 Å². The number of hydrogen-bond acceptors (Lipinski definition) is 4. The van der Waals surface area contributed by atoms with Crippen LogP contribution in [-0.2, 0) is 4.74 Å². The molecular weight excluding hydrogens is 336 g/mol. The maximum Gasteiger partial charge on any atom is 0.341 e. The number of rotatable bonds is 6. The van der Waals surface area contributed by atoms with E-state index >= 15 is 0 Å². The second kappa shape index (κ2) is 7.16. The Labute approximate surface area is 133 Å². The molecule has 0 atom stereocenters. The molecule has 1 fully saturated rings. The van der Waals surface area contributed by atoms with Gasteiger partial charge in [-0.1, -0.05) is 28.8 Å². The Morgan fingerprint density at radius 3 is 2.57 bits per heavy atom. The van der Waals surface area contributed by atoms with E-state index in [1.54, 1.807) is 25.3 Å². The summed E-state index contributed by atoms with van der Waals surface area (Å²) in [4.78, 5) is 11.8. The van der Waals surface area contributed by atoms with Gasteiger partial charge in [0.25, 0.3) is 0 Å². The summed E-state index contributed by atoms with van der Waals surface area (Å²) in [5, 5.41) is 0.914. The maximum atomic E-state index is 11.8. The molecule has 1 aliphatic carbocycles. The highest BCUT2D eigenvalue weighted by atomic mass is 79.9. The van der Waals surface area contributed by atoms with E-state index in [1.807, 2.05) is 0 Å². The van der Waals surface area contributed by atoms with Gasteiger partial charge in [-0.2, -0.15) is 0 Å². The van der Waals surface area contributed by atoms with Gasteiger partial charge < -0.3 is 14.2 Å². The normalized spacial score (nSPS) is 16.5. The Morgan fingerprint density at radius 1 is 1.29 bits per heavy atom. The van der Waals surface area contributed by atoms with Crippen LogP contribution in [0.4, 0.5) is 0 Å². The van der Waals surface area contributed by atoms with Crippen molar-refractivity contribution in [3.63, 3.8) is 0 Å². The fraction of sp³-hybridized carbons (Fsp3) is 0.562.